The molecule has 1 aliphatic carbocycles. The molecule has 0 bridgehead atoms. The van der Waals surface area contributed by atoms with Crippen LogP contribution in [0.15, 0.2) is 47.7 Å². The second-order valence-electron chi connectivity index (χ2n) is 7.20. The van der Waals surface area contributed by atoms with Crippen molar-refractivity contribution in [2.75, 3.05) is 12.8 Å². The van der Waals surface area contributed by atoms with E-state index in [2.05, 4.69) is 45.0 Å². The molecule has 6 nitrogen and oxygen atoms in total. The van der Waals surface area contributed by atoms with Gasteiger partial charge in [0.2, 0.25) is 0 Å². The van der Waals surface area contributed by atoms with Crippen LogP contribution in [0.1, 0.15) is 43.7 Å². The van der Waals surface area contributed by atoms with Crippen LogP contribution in [0.2, 0.25) is 0 Å². The highest BCUT2D eigenvalue weighted by atomic mass is 127. The predicted octanol–water partition coefficient (Wildman–Crippen LogP) is 3.29. The zero-order chi connectivity index (χ0) is 19.8. The van der Waals surface area contributed by atoms with Crippen molar-refractivity contribution in [3.05, 3.63) is 53.9 Å². The fourth-order valence-electron chi connectivity index (χ4n) is 3.77. The van der Waals surface area contributed by atoms with Crippen molar-refractivity contribution in [2.45, 2.75) is 57.0 Å². The minimum absolute atomic E-state index is 0. The van der Waals surface area contributed by atoms with Gasteiger partial charge in [0.15, 0.2) is 5.96 Å². The van der Waals surface area contributed by atoms with E-state index in [0.717, 1.165) is 43.9 Å². The van der Waals surface area contributed by atoms with E-state index in [4.69, 9.17) is 0 Å². The molecule has 0 saturated heterocycles. The van der Waals surface area contributed by atoms with Crippen molar-refractivity contribution in [1.29, 1.82) is 0 Å². The van der Waals surface area contributed by atoms with E-state index in [-0.39, 0.29) is 24.0 Å². The van der Waals surface area contributed by atoms with E-state index in [1.165, 1.54) is 11.1 Å². The van der Waals surface area contributed by atoms with Crippen LogP contribution in [0.5, 0.6) is 0 Å². The summed E-state index contributed by atoms with van der Waals surface area (Å²) in [6.07, 6.45) is 8.04. The lowest BCUT2D eigenvalue weighted by Crippen LogP contribution is -2.46. The Labute approximate surface area is 193 Å². The Morgan fingerprint density at radius 3 is 2.76 bits per heavy atom. The molecule has 1 saturated carbocycles. The van der Waals surface area contributed by atoms with E-state index in [9.17, 15) is 4.21 Å². The molecule has 0 amide bonds. The first kappa shape index (κ1) is 23.9. The first-order chi connectivity index (χ1) is 13.7. The number of aromatic nitrogens is 2. The van der Waals surface area contributed by atoms with Crippen LogP contribution in [0.3, 0.4) is 0 Å². The van der Waals surface area contributed by atoms with Gasteiger partial charge >= 0.3 is 0 Å². The van der Waals surface area contributed by atoms with Gasteiger partial charge in [0.1, 0.15) is 0 Å². The normalized spacial score (nSPS) is 20.6. The van der Waals surface area contributed by atoms with Gasteiger partial charge < -0.3 is 10.6 Å². The zero-order valence-electron chi connectivity index (χ0n) is 17.2. The Kier molecular flexibility index (Phi) is 10.1. The maximum Gasteiger partial charge on any atom is 0.191 e. The van der Waals surface area contributed by atoms with Crippen LogP contribution in [0.25, 0.3) is 0 Å². The SMILES string of the molecule is CCS(=O)C1CCCC(NC(=NC)NCc2ccccc2Cn2cccn2)C1.I. The first-order valence-electron chi connectivity index (χ1n) is 10.1. The summed E-state index contributed by atoms with van der Waals surface area (Å²) in [6, 6.07) is 10.7. The Bertz CT molecular complexity index is 796. The van der Waals surface area contributed by atoms with Crippen LogP contribution in [0.4, 0.5) is 0 Å². The standard InChI is InChI=1S/C21H31N5OS.HI/c1-3-28(27)20-11-6-10-19(14-20)25-21(22-2)23-15-17-8-4-5-9-18(17)16-26-13-7-12-24-26;/h4-5,7-9,12-13,19-20H,3,6,10-11,14-16H2,1-2H3,(H2,22,23,25);1H. The lowest BCUT2D eigenvalue weighted by atomic mass is 9.95. The Balaban J connectivity index is 0.00000300. The molecule has 2 N–H and O–H groups in total. The van der Waals surface area contributed by atoms with Gasteiger partial charge in [-0.1, -0.05) is 37.6 Å². The fourth-order valence-corrected chi connectivity index (χ4v) is 5.12. The Hall–Kier alpha value is -1.42. The molecule has 2 aromatic rings. The van der Waals surface area contributed by atoms with Gasteiger partial charge in [-0.15, -0.1) is 24.0 Å². The lowest BCUT2D eigenvalue weighted by molar-refractivity contribution is 0.413. The monoisotopic (exact) mass is 529 g/mol. The number of hydrogen-bond donors (Lipinski definition) is 2. The van der Waals surface area contributed by atoms with Gasteiger partial charge in [0.25, 0.3) is 0 Å². The largest absolute Gasteiger partial charge is 0.354 e. The summed E-state index contributed by atoms with van der Waals surface area (Å²) in [7, 11) is 1.09. The Morgan fingerprint density at radius 2 is 2.07 bits per heavy atom. The van der Waals surface area contributed by atoms with Crippen LogP contribution in [0, 0.1) is 0 Å². The summed E-state index contributed by atoms with van der Waals surface area (Å²) in [6.45, 7) is 3.46. The topological polar surface area (TPSA) is 71.3 Å². The number of aliphatic imine (C=N–C) groups is 1. The number of rotatable bonds is 7. The Morgan fingerprint density at radius 1 is 1.28 bits per heavy atom. The third kappa shape index (κ3) is 7.09. The van der Waals surface area contributed by atoms with Crippen LogP contribution < -0.4 is 10.6 Å². The maximum atomic E-state index is 12.2. The summed E-state index contributed by atoms with van der Waals surface area (Å²) in [5, 5.41) is 11.6. The van der Waals surface area contributed by atoms with Crippen molar-refractivity contribution in [1.82, 2.24) is 20.4 Å². The van der Waals surface area contributed by atoms with Crippen molar-refractivity contribution >= 4 is 40.7 Å². The molecule has 3 rings (SSSR count). The maximum absolute atomic E-state index is 12.2. The second-order valence-corrected chi connectivity index (χ2v) is 9.20. The molecule has 0 radical (unpaired) electrons. The lowest BCUT2D eigenvalue weighted by Gasteiger charge is -2.30. The number of hydrogen-bond acceptors (Lipinski definition) is 3. The van der Waals surface area contributed by atoms with Gasteiger partial charge in [-0.3, -0.25) is 13.9 Å². The summed E-state index contributed by atoms with van der Waals surface area (Å²) in [5.41, 5.74) is 2.47. The fraction of sp³-hybridized carbons (Fsp3) is 0.524. The van der Waals surface area contributed by atoms with Crippen molar-refractivity contribution < 1.29 is 4.21 Å². The number of halogens is 1. The molecule has 3 atom stereocenters. The summed E-state index contributed by atoms with van der Waals surface area (Å²) >= 11 is 0. The molecule has 1 aromatic heterocycles. The van der Waals surface area contributed by atoms with Crippen LogP contribution >= 0.6 is 24.0 Å². The van der Waals surface area contributed by atoms with Gasteiger partial charge in [-0.05, 0) is 36.5 Å². The highest BCUT2D eigenvalue weighted by Crippen LogP contribution is 2.23. The first-order valence-corrected chi connectivity index (χ1v) is 11.5. The van der Waals surface area contributed by atoms with Gasteiger partial charge in [-0.2, -0.15) is 5.10 Å². The van der Waals surface area contributed by atoms with Crippen molar-refractivity contribution in [3.8, 4) is 0 Å². The average molecular weight is 529 g/mol. The molecule has 0 spiro atoms. The molecular formula is C21H32IN5OS. The minimum atomic E-state index is -0.712. The zero-order valence-corrected chi connectivity index (χ0v) is 20.4. The third-order valence-corrected chi connectivity index (χ3v) is 7.04. The number of guanidine groups is 1. The molecule has 3 unspecified atom stereocenters. The summed E-state index contributed by atoms with van der Waals surface area (Å²) in [5.74, 6) is 1.55. The summed E-state index contributed by atoms with van der Waals surface area (Å²) < 4.78 is 14.1. The second kappa shape index (κ2) is 12.3. The molecule has 1 heterocycles. The van der Waals surface area contributed by atoms with Crippen LogP contribution in [-0.2, 0) is 23.9 Å². The molecule has 1 fully saturated rings. The van der Waals surface area contributed by atoms with E-state index < -0.39 is 10.8 Å². The molecule has 0 aliphatic heterocycles. The molecule has 1 aromatic carbocycles. The van der Waals surface area contributed by atoms with E-state index in [1.807, 2.05) is 23.9 Å². The van der Waals surface area contributed by atoms with Crippen molar-refractivity contribution in [2.24, 2.45) is 4.99 Å². The number of nitrogens with zero attached hydrogens (tertiary/aromatic N) is 3. The summed E-state index contributed by atoms with van der Waals surface area (Å²) in [4.78, 5) is 4.39. The quantitative estimate of drug-likeness (QED) is 0.328. The van der Waals surface area contributed by atoms with E-state index in [1.54, 1.807) is 13.2 Å². The van der Waals surface area contributed by atoms with E-state index in [0.29, 0.717) is 17.8 Å². The predicted molar refractivity (Wildman–Crippen MR) is 131 cm³/mol. The third-order valence-electron chi connectivity index (χ3n) is 5.30. The number of benzene rings is 1. The molecular weight excluding hydrogens is 497 g/mol. The smallest absolute Gasteiger partial charge is 0.191 e. The van der Waals surface area contributed by atoms with E-state index >= 15 is 0 Å². The average Bonchev–Trinajstić information content (AvgIpc) is 3.24. The minimum Gasteiger partial charge on any atom is -0.354 e. The molecule has 8 heteroatoms. The molecule has 29 heavy (non-hydrogen) atoms. The van der Waals surface area contributed by atoms with Crippen molar-refractivity contribution in [3.63, 3.8) is 0 Å². The highest BCUT2D eigenvalue weighted by molar-refractivity contribution is 14.0. The van der Waals surface area contributed by atoms with Gasteiger partial charge in [-0.25, -0.2) is 0 Å². The van der Waals surface area contributed by atoms with Crippen LogP contribution in [-0.4, -0.2) is 44.0 Å². The van der Waals surface area contributed by atoms with Gasteiger partial charge in [0, 0.05) is 53.8 Å². The highest BCUT2D eigenvalue weighted by Gasteiger charge is 2.26. The number of nitrogens with one attached hydrogen (secondary N) is 2. The molecule has 1 aliphatic rings. The van der Waals surface area contributed by atoms with Gasteiger partial charge in [0.05, 0.1) is 6.54 Å². The molecule has 160 valence electrons.